The molecule has 4 rings (SSSR count). The number of aromatic amines is 1. The average molecular weight is 394 g/mol. The molecule has 0 saturated heterocycles. The number of carboxylic acid groups (broad SMARTS) is 1. The number of aromatic hydroxyl groups is 1. The highest BCUT2D eigenvalue weighted by molar-refractivity contribution is 5.87. The second-order valence-corrected chi connectivity index (χ2v) is 7.55. The number of hydrogen-bond acceptors (Lipinski definition) is 4. The Morgan fingerprint density at radius 2 is 2.07 bits per heavy atom. The highest BCUT2D eigenvalue weighted by Gasteiger charge is 2.40. The molecule has 0 spiro atoms. The van der Waals surface area contributed by atoms with E-state index in [9.17, 15) is 15.0 Å². The molecule has 0 saturated carbocycles. The molecule has 2 heterocycles. The molecule has 1 aromatic heterocycles. The van der Waals surface area contributed by atoms with Crippen LogP contribution in [-0.2, 0) is 11.2 Å². The Kier molecular flexibility index (Phi) is 5.20. The molecule has 0 amide bonds. The molecule has 6 nitrogen and oxygen atoms in total. The predicted octanol–water partition coefficient (Wildman–Crippen LogP) is 4.08. The van der Waals surface area contributed by atoms with Crippen LogP contribution in [-0.4, -0.2) is 45.8 Å². The fourth-order valence-corrected chi connectivity index (χ4v) is 4.41. The Labute approximate surface area is 169 Å². The number of para-hydroxylation sites is 1. The number of carbonyl (C=O) groups is 1. The van der Waals surface area contributed by atoms with Gasteiger partial charge in [-0.3, -0.25) is 9.69 Å². The standard InChI is InChI=1S/C23H26N2O4/c1-3-4-11-25-18(23(27)28)13-16-15-7-5-6-8-17(15)24-21(16)22(25)14-9-10-19(26)20(12-14)29-2/h5-10,12,18,22,24,26H,3-4,11,13H2,1-2H3,(H,27,28)/t18-,22-/m0/s1. The van der Waals surface area contributed by atoms with Crippen LogP contribution in [0.5, 0.6) is 11.5 Å². The molecule has 2 atom stereocenters. The van der Waals surface area contributed by atoms with Crippen LogP contribution >= 0.6 is 0 Å². The van der Waals surface area contributed by atoms with Gasteiger partial charge in [0, 0.05) is 23.0 Å². The summed E-state index contributed by atoms with van der Waals surface area (Å²) in [4.78, 5) is 17.8. The third kappa shape index (κ3) is 3.34. The van der Waals surface area contributed by atoms with E-state index in [-0.39, 0.29) is 11.8 Å². The van der Waals surface area contributed by atoms with Crippen molar-refractivity contribution in [1.82, 2.24) is 9.88 Å². The van der Waals surface area contributed by atoms with E-state index in [0.717, 1.165) is 40.6 Å². The summed E-state index contributed by atoms with van der Waals surface area (Å²) in [5.74, 6) is -0.361. The number of unbranched alkanes of at least 4 members (excludes halogenated alkanes) is 1. The van der Waals surface area contributed by atoms with Gasteiger partial charge < -0.3 is 19.9 Å². The van der Waals surface area contributed by atoms with Crippen molar-refractivity contribution in [3.63, 3.8) is 0 Å². The van der Waals surface area contributed by atoms with Crippen molar-refractivity contribution in [2.75, 3.05) is 13.7 Å². The van der Waals surface area contributed by atoms with Gasteiger partial charge in [-0.1, -0.05) is 37.6 Å². The first-order valence-electron chi connectivity index (χ1n) is 10.00. The minimum atomic E-state index is -0.812. The van der Waals surface area contributed by atoms with Crippen LogP contribution < -0.4 is 4.74 Å². The number of hydrogen-bond donors (Lipinski definition) is 3. The van der Waals surface area contributed by atoms with Crippen LogP contribution in [0.25, 0.3) is 10.9 Å². The van der Waals surface area contributed by atoms with E-state index in [1.807, 2.05) is 30.3 Å². The molecule has 0 fully saturated rings. The molecular formula is C23H26N2O4. The molecule has 1 aliphatic rings. The number of rotatable bonds is 6. The van der Waals surface area contributed by atoms with E-state index in [0.29, 0.717) is 18.7 Å². The van der Waals surface area contributed by atoms with Crippen LogP contribution in [0.15, 0.2) is 42.5 Å². The zero-order valence-electron chi connectivity index (χ0n) is 16.7. The minimum Gasteiger partial charge on any atom is -0.504 e. The number of ether oxygens (including phenoxy) is 1. The summed E-state index contributed by atoms with van der Waals surface area (Å²) in [5.41, 5.74) is 3.98. The van der Waals surface area contributed by atoms with Crippen molar-refractivity contribution < 1.29 is 19.7 Å². The minimum absolute atomic E-state index is 0.0684. The summed E-state index contributed by atoms with van der Waals surface area (Å²) < 4.78 is 5.32. The highest BCUT2D eigenvalue weighted by Crippen LogP contribution is 2.42. The first-order chi connectivity index (χ1) is 14.0. The molecule has 2 aromatic carbocycles. The Hall–Kier alpha value is -2.99. The summed E-state index contributed by atoms with van der Waals surface area (Å²) in [6, 6.07) is 12.4. The lowest BCUT2D eigenvalue weighted by molar-refractivity contribution is -0.144. The lowest BCUT2D eigenvalue weighted by Gasteiger charge is -2.40. The number of carboxylic acids is 1. The lowest BCUT2D eigenvalue weighted by Crippen LogP contribution is -2.48. The van der Waals surface area contributed by atoms with Crippen LogP contribution in [0.4, 0.5) is 0 Å². The SMILES string of the molecule is CCCCN1[C@@H](c2ccc(O)c(OC)c2)c2[nH]c3ccccc3c2C[C@H]1C(=O)O. The molecule has 3 N–H and O–H groups in total. The normalized spacial score (nSPS) is 19.2. The van der Waals surface area contributed by atoms with E-state index in [4.69, 9.17) is 4.74 Å². The number of aromatic nitrogens is 1. The maximum atomic E-state index is 12.2. The van der Waals surface area contributed by atoms with Crippen LogP contribution in [0, 0.1) is 0 Å². The molecule has 6 heteroatoms. The molecule has 1 aliphatic heterocycles. The summed E-state index contributed by atoms with van der Waals surface area (Å²) in [6.07, 6.45) is 2.35. The van der Waals surface area contributed by atoms with Crippen molar-refractivity contribution in [3.8, 4) is 11.5 Å². The largest absolute Gasteiger partial charge is 0.504 e. The van der Waals surface area contributed by atoms with Crippen LogP contribution in [0.3, 0.4) is 0 Å². The molecule has 0 radical (unpaired) electrons. The molecule has 0 unspecified atom stereocenters. The maximum Gasteiger partial charge on any atom is 0.321 e. The van der Waals surface area contributed by atoms with Gasteiger partial charge in [0.15, 0.2) is 11.5 Å². The predicted molar refractivity (Wildman–Crippen MR) is 112 cm³/mol. The van der Waals surface area contributed by atoms with Crippen molar-refractivity contribution in [1.29, 1.82) is 0 Å². The highest BCUT2D eigenvalue weighted by atomic mass is 16.5. The number of benzene rings is 2. The van der Waals surface area contributed by atoms with Crippen LogP contribution in [0.2, 0.25) is 0 Å². The number of fused-ring (bicyclic) bond motifs is 3. The van der Waals surface area contributed by atoms with Gasteiger partial charge in [0.1, 0.15) is 6.04 Å². The summed E-state index contributed by atoms with van der Waals surface area (Å²) >= 11 is 0. The number of methoxy groups -OCH3 is 1. The van der Waals surface area contributed by atoms with Gasteiger partial charge in [-0.25, -0.2) is 0 Å². The number of H-pyrrole nitrogens is 1. The first kappa shape index (κ1) is 19.3. The average Bonchev–Trinajstić information content (AvgIpc) is 3.10. The second-order valence-electron chi connectivity index (χ2n) is 7.55. The zero-order valence-corrected chi connectivity index (χ0v) is 16.7. The number of phenolic OH excluding ortho intramolecular Hbond substituents is 1. The fourth-order valence-electron chi connectivity index (χ4n) is 4.41. The van der Waals surface area contributed by atoms with Gasteiger partial charge in [0.05, 0.1) is 13.2 Å². The summed E-state index contributed by atoms with van der Waals surface area (Å²) in [6.45, 7) is 2.78. The molecule has 0 bridgehead atoms. The second kappa shape index (κ2) is 7.79. The van der Waals surface area contributed by atoms with E-state index >= 15 is 0 Å². The fraction of sp³-hybridized carbons (Fsp3) is 0.348. The molecule has 152 valence electrons. The molecule has 0 aliphatic carbocycles. The quantitative estimate of drug-likeness (QED) is 0.586. The first-order valence-corrected chi connectivity index (χ1v) is 10.00. The van der Waals surface area contributed by atoms with E-state index < -0.39 is 12.0 Å². The van der Waals surface area contributed by atoms with E-state index in [1.165, 1.54) is 7.11 Å². The molecule has 3 aromatic rings. The van der Waals surface area contributed by atoms with Gasteiger partial charge in [-0.15, -0.1) is 0 Å². The van der Waals surface area contributed by atoms with Gasteiger partial charge >= 0.3 is 5.97 Å². The van der Waals surface area contributed by atoms with Crippen molar-refractivity contribution in [2.24, 2.45) is 0 Å². The number of aliphatic carboxylic acids is 1. The third-order valence-electron chi connectivity index (χ3n) is 5.82. The zero-order chi connectivity index (χ0) is 20.5. The van der Waals surface area contributed by atoms with Crippen molar-refractivity contribution in [3.05, 3.63) is 59.3 Å². The Morgan fingerprint density at radius 1 is 1.28 bits per heavy atom. The topological polar surface area (TPSA) is 85.8 Å². The van der Waals surface area contributed by atoms with Crippen molar-refractivity contribution in [2.45, 2.75) is 38.3 Å². The molecular weight excluding hydrogens is 368 g/mol. The number of phenols is 1. The summed E-state index contributed by atoms with van der Waals surface area (Å²) in [7, 11) is 1.52. The van der Waals surface area contributed by atoms with E-state index in [1.54, 1.807) is 12.1 Å². The monoisotopic (exact) mass is 394 g/mol. The van der Waals surface area contributed by atoms with Crippen LogP contribution in [0.1, 0.15) is 42.6 Å². The lowest BCUT2D eigenvalue weighted by atomic mass is 9.87. The number of nitrogens with one attached hydrogen (secondary N) is 1. The summed E-state index contributed by atoms with van der Waals surface area (Å²) in [5, 5.41) is 21.2. The van der Waals surface area contributed by atoms with Gasteiger partial charge in [-0.05, 0) is 42.3 Å². The Bertz CT molecular complexity index is 1040. The smallest absolute Gasteiger partial charge is 0.321 e. The van der Waals surface area contributed by atoms with Crippen molar-refractivity contribution >= 4 is 16.9 Å². The van der Waals surface area contributed by atoms with Gasteiger partial charge in [0.2, 0.25) is 0 Å². The number of nitrogens with zero attached hydrogens (tertiary/aromatic N) is 1. The Morgan fingerprint density at radius 3 is 2.79 bits per heavy atom. The third-order valence-corrected chi connectivity index (χ3v) is 5.82. The van der Waals surface area contributed by atoms with Gasteiger partial charge in [-0.2, -0.15) is 0 Å². The van der Waals surface area contributed by atoms with E-state index in [2.05, 4.69) is 16.8 Å². The maximum absolute atomic E-state index is 12.2. The molecule has 29 heavy (non-hydrogen) atoms. The van der Waals surface area contributed by atoms with Gasteiger partial charge in [0.25, 0.3) is 0 Å². The Balaban J connectivity index is 1.93.